The Bertz CT molecular complexity index is 363. The minimum atomic E-state index is 0.215. The van der Waals surface area contributed by atoms with Crippen molar-refractivity contribution in [3.8, 4) is 5.75 Å². The number of methoxy groups -OCH3 is 1. The van der Waals surface area contributed by atoms with Crippen LogP contribution in [0.25, 0.3) is 0 Å². The maximum absolute atomic E-state index is 8.40. The molecule has 0 radical (unpaired) electrons. The number of benzene rings is 1. The second-order valence-electron chi connectivity index (χ2n) is 3.79. The Kier molecular flexibility index (Phi) is 5.29. The Morgan fingerprint density at radius 1 is 1.47 bits per heavy atom. The van der Waals surface area contributed by atoms with Crippen molar-refractivity contribution in [2.24, 2.45) is 10.9 Å². The van der Waals surface area contributed by atoms with Crippen molar-refractivity contribution in [1.29, 1.82) is 0 Å². The zero-order valence-corrected chi connectivity index (χ0v) is 10.2. The number of hydrogen-bond donors (Lipinski definition) is 3. The van der Waals surface area contributed by atoms with Gasteiger partial charge in [-0.2, -0.15) is 0 Å². The number of nitrogens with two attached hydrogens (primary N) is 1. The Labute approximate surface area is 101 Å². The molecule has 0 aromatic heterocycles. The molecule has 0 spiro atoms. The molecule has 0 bridgehead atoms. The van der Waals surface area contributed by atoms with E-state index in [2.05, 4.69) is 17.4 Å². The smallest absolute Gasteiger partial charge is 0.140 e. The average Bonchev–Trinajstić information content (AvgIpc) is 2.38. The molecule has 4 N–H and O–H groups in total. The van der Waals surface area contributed by atoms with Crippen LogP contribution in [0, 0.1) is 0 Å². The Hall–Kier alpha value is -1.75. The van der Waals surface area contributed by atoms with Crippen LogP contribution >= 0.6 is 0 Å². The molecule has 5 heteroatoms. The first-order valence-electron chi connectivity index (χ1n) is 5.51. The predicted octanol–water partition coefficient (Wildman–Crippen LogP) is 1.48. The molecule has 1 aromatic carbocycles. The number of nitrogens with zero attached hydrogens (tertiary/aromatic N) is 1. The molecule has 1 aromatic rings. The van der Waals surface area contributed by atoms with Gasteiger partial charge in [0, 0.05) is 19.0 Å². The van der Waals surface area contributed by atoms with E-state index in [1.807, 2.05) is 24.3 Å². The van der Waals surface area contributed by atoms with Crippen molar-refractivity contribution in [3.63, 3.8) is 0 Å². The molecule has 5 nitrogen and oxygen atoms in total. The minimum Gasteiger partial charge on any atom is -0.497 e. The zero-order chi connectivity index (χ0) is 12.7. The number of ether oxygens (including phenoxy) is 1. The molecule has 17 heavy (non-hydrogen) atoms. The Morgan fingerprint density at radius 2 is 2.12 bits per heavy atom. The highest BCUT2D eigenvalue weighted by Gasteiger charge is 2.04. The van der Waals surface area contributed by atoms with Gasteiger partial charge in [-0.15, -0.1) is 0 Å². The van der Waals surface area contributed by atoms with Gasteiger partial charge < -0.3 is 21.0 Å². The first-order valence-corrected chi connectivity index (χ1v) is 5.51. The summed E-state index contributed by atoms with van der Waals surface area (Å²) in [6.07, 6.45) is 0.525. The van der Waals surface area contributed by atoms with E-state index in [9.17, 15) is 0 Å². The summed E-state index contributed by atoms with van der Waals surface area (Å²) in [6, 6.07) is 8.10. The highest BCUT2D eigenvalue weighted by atomic mass is 16.5. The maximum atomic E-state index is 8.40. The third kappa shape index (κ3) is 4.32. The fourth-order valence-electron chi connectivity index (χ4n) is 1.48. The van der Waals surface area contributed by atoms with Gasteiger partial charge >= 0.3 is 0 Å². The van der Waals surface area contributed by atoms with Gasteiger partial charge in [-0.25, -0.2) is 0 Å². The molecule has 0 aliphatic rings. The van der Waals surface area contributed by atoms with Crippen LogP contribution in [0.15, 0.2) is 29.4 Å². The van der Waals surface area contributed by atoms with Crippen molar-refractivity contribution >= 4 is 5.84 Å². The van der Waals surface area contributed by atoms with E-state index in [4.69, 9.17) is 15.7 Å². The van der Waals surface area contributed by atoms with Crippen LogP contribution in [0.3, 0.4) is 0 Å². The van der Waals surface area contributed by atoms with E-state index in [0.717, 1.165) is 5.75 Å². The molecular formula is C12H19N3O2. The lowest BCUT2D eigenvalue weighted by Crippen LogP contribution is -2.24. The summed E-state index contributed by atoms with van der Waals surface area (Å²) >= 11 is 0. The summed E-state index contributed by atoms with van der Waals surface area (Å²) in [4.78, 5) is 0. The molecular weight excluding hydrogens is 218 g/mol. The molecule has 0 saturated carbocycles. The highest BCUT2D eigenvalue weighted by molar-refractivity contribution is 5.79. The Balaban J connectivity index is 2.43. The van der Waals surface area contributed by atoms with Crippen molar-refractivity contribution in [3.05, 3.63) is 29.8 Å². The fourth-order valence-corrected chi connectivity index (χ4v) is 1.48. The molecule has 0 aliphatic carbocycles. The van der Waals surface area contributed by atoms with Crippen LogP contribution in [-0.2, 0) is 0 Å². The average molecular weight is 237 g/mol. The third-order valence-corrected chi connectivity index (χ3v) is 2.58. The first-order chi connectivity index (χ1) is 8.17. The van der Waals surface area contributed by atoms with Crippen LogP contribution in [-0.4, -0.2) is 24.7 Å². The topological polar surface area (TPSA) is 79.9 Å². The lowest BCUT2D eigenvalue weighted by Gasteiger charge is -2.14. The van der Waals surface area contributed by atoms with Gasteiger partial charge in [-0.3, -0.25) is 0 Å². The fraction of sp³-hybridized carbons (Fsp3) is 0.417. The van der Waals surface area contributed by atoms with Crippen LogP contribution in [0.1, 0.15) is 24.9 Å². The second kappa shape index (κ2) is 6.75. The number of hydrogen-bond acceptors (Lipinski definition) is 4. The van der Waals surface area contributed by atoms with Crippen LogP contribution in [0.5, 0.6) is 5.75 Å². The van der Waals surface area contributed by atoms with E-state index in [1.165, 1.54) is 5.56 Å². The van der Waals surface area contributed by atoms with Gasteiger partial charge in [0.15, 0.2) is 0 Å². The third-order valence-electron chi connectivity index (χ3n) is 2.58. The lowest BCUT2D eigenvalue weighted by atomic mass is 10.1. The van der Waals surface area contributed by atoms with Crippen LogP contribution < -0.4 is 15.8 Å². The monoisotopic (exact) mass is 237 g/mol. The van der Waals surface area contributed by atoms with Crippen molar-refractivity contribution in [2.45, 2.75) is 19.4 Å². The van der Waals surface area contributed by atoms with Crippen LogP contribution in [0.2, 0.25) is 0 Å². The number of amidine groups is 1. The summed E-state index contributed by atoms with van der Waals surface area (Å²) in [5.41, 5.74) is 6.55. The van der Waals surface area contributed by atoms with E-state index >= 15 is 0 Å². The van der Waals surface area contributed by atoms with Crippen molar-refractivity contribution < 1.29 is 9.94 Å². The molecule has 0 saturated heterocycles. The minimum absolute atomic E-state index is 0.215. The number of oxime groups is 1. The summed E-state index contributed by atoms with van der Waals surface area (Å²) in [6.45, 7) is 2.73. The van der Waals surface area contributed by atoms with Gasteiger partial charge in [0.25, 0.3) is 0 Å². The van der Waals surface area contributed by atoms with Gasteiger partial charge in [-0.05, 0) is 24.6 Å². The van der Waals surface area contributed by atoms with Gasteiger partial charge in [0.2, 0.25) is 0 Å². The van der Waals surface area contributed by atoms with Crippen molar-refractivity contribution in [1.82, 2.24) is 5.32 Å². The number of rotatable bonds is 6. The van der Waals surface area contributed by atoms with E-state index in [-0.39, 0.29) is 11.9 Å². The maximum Gasteiger partial charge on any atom is 0.140 e. The summed E-state index contributed by atoms with van der Waals surface area (Å²) in [5, 5.41) is 14.6. The van der Waals surface area contributed by atoms with Gasteiger partial charge in [0.1, 0.15) is 11.6 Å². The van der Waals surface area contributed by atoms with Crippen LogP contribution in [0.4, 0.5) is 0 Å². The lowest BCUT2D eigenvalue weighted by molar-refractivity contribution is 0.316. The quantitative estimate of drug-likeness (QED) is 0.303. The molecule has 0 fully saturated rings. The predicted molar refractivity (Wildman–Crippen MR) is 67.4 cm³/mol. The summed E-state index contributed by atoms with van der Waals surface area (Å²) in [5.74, 6) is 1.08. The summed E-state index contributed by atoms with van der Waals surface area (Å²) < 4.78 is 5.10. The largest absolute Gasteiger partial charge is 0.497 e. The first kappa shape index (κ1) is 13.3. The van der Waals surface area contributed by atoms with Gasteiger partial charge in [-0.1, -0.05) is 17.3 Å². The number of nitrogens with one attached hydrogen (secondary N) is 1. The molecule has 94 valence electrons. The molecule has 0 unspecified atom stereocenters. The van der Waals surface area contributed by atoms with E-state index < -0.39 is 0 Å². The SMILES string of the molecule is COc1ccc([C@@H](C)NCC/C(N)=N/O)cc1. The molecule has 1 rings (SSSR count). The zero-order valence-electron chi connectivity index (χ0n) is 10.2. The van der Waals surface area contributed by atoms with E-state index in [1.54, 1.807) is 7.11 Å². The Morgan fingerprint density at radius 3 is 2.65 bits per heavy atom. The molecule has 0 amide bonds. The van der Waals surface area contributed by atoms with Crippen molar-refractivity contribution in [2.75, 3.05) is 13.7 Å². The molecule has 0 heterocycles. The van der Waals surface area contributed by atoms with E-state index in [0.29, 0.717) is 13.0 Å². The second-order valence-corrected chi connectivity index (χ2v) is 3.79. The highest BCUT2D eigenvalue weighted by Crippen LogP contribution is 2.16. The molecule has 0 aliphatic heterocycles. The van der Waals surface area contributed by atoms with Gasteiger partial charge in [0.05, 0.1) is 7.11 Å². The normalized spacial score (nSPS) is 13.4. The molecule has 1 atom stereocenters. The summed E-state index contributed by atoms with van der Waals surface area (Å²) in [7, 11) is 1.65. The standard InChI is InChI=1S/C12H19N3O2/c1-9(14-8-7-12(13)15-16)10-3-5-11(17-2)6-4-10/h3-6,9,14,16H,7-8H2,1-2H3,(H2,13,15)/t9-/m1/s1.